The normalized spacial score (nSPS) is 13.8. The van der Waals surface area contributed by atoms with Gasteiger partial charge in [0.2, 0.25) is 0 Å². The molecule has 0 aliphatic rings. The van der Waals surface area contributed by atoms with E-state index in [0.29, 0.717) is 28.4 Å². The predicted octanol–water partition coefficient (Wildman–Crippen LogP) is 7.46. The van der Waals surface area contributed by atoms with Gasteiger partial charge in [-0.15, -0.1) is 9.39 Å². The number of rotatable bonds is 8. The Morgan fingerprint density at radius 1 is 0.946 bits per heavy atom. The van der Waals surface area contributed by atoms with E-state index in [2.05, 4.69) is 16.5 Å². The first-order valence-electron chi connectivity index (χ1n) is 11.7. The Bertz CT molecular complexity index is 1480. The number of benzene rings is 3. The SMILES string of the molecule is C=S(=C)(NC(Cc1ccccc1)(c1cccc(C(C)(F)F)c1)c1ccc(C)cn1)c1cc(N)cc(Cl)c1. The summed E-state index contributed by atoms with van der Waals surface area (Å²) in [6.45, 7) is 2.85. The number of hydrogen-bond donors (Lipinski definition) is 2. The van der Waals surface area contributed by atoms with Gasteiger partial charge in [-0.1, -0.05) is 77.9 Å². The van der Waals surface area contributed by atoms with Gasteiger partial charge < -0.3 is 5.73 Å². The number of nitrogen functional groups attached to an aromatic ring is 1. The van der Waals surface area contributed by atoms with Crippen LogP contribution in [-0.2, 0) is 17.9 Å². The molecule has 0 bridgehead atoms. The first kappa shape index (κ1) is 26.9. The van der Waals surface area contributed by atoms with Gasteiger partial charge in [-0.3, -0.25) is 9.71 Å². The van der Waals surface area contributed by atoms with E-state index in [1.165, 1.54) is 6.07 Å². The lowest BCUT2D eigenvalue weighted by atomic mass is 9.80. The molecule has 0 radical (unpaired) electrons. The van der Waals surface area contributed by atoms with Crippen molar-refractivity contribution >= 4 is 38.4 Å². The van der Waals surface area contributed by atoms with Crippen LogP contribution in [0.2, 0.25) is 5.02 Å². The summed E-state index contributed by atoms with van der Waals surface area (Å²) in [6.07, 6.45) is 2.19. The van der Waals surface area contributed by atoms with Crippen molar-refractivity contribution < 1.29 is 8.78 Å². The molecule has 0 amide bonds. The summed E-state index contributed by atoms with van der Waals surface area (Å²) in [5.41, 5.74) is 8.72. The fraction of sp³-hybridized carbons (Fsp3) is 0.167. The molecule has 3 nitrogen and oxygen atoms in total. The number of anilines is 1. The Morgan fingerprint density at radius 2 is 1.65 bits per heavy atom. The number of aromatic nitrogens is 1. The average molecular weight is 538 g/mol. The van der Waals surface area contributed by atoms with Crippen LogP contribution < -0.4 is 10.5 Å². The lowest BCUT2D eigenvalue weighted by Gasteiger charge is -2.39. The highest BCUT2D eigenvalue weighted by Crippen LogP contribution is 2.42. The second-order valence-corrected chi connectivity index (χ2v) is 12.3. The Kier molecular flexibility index (Phi) is 7.47. The average Bonchev–Trinajstić information content (AvgIpc) is 2.83. The zero-order valence-corrected chi connectivity index (χ0v) is 22.4. The van der Waals surface area contributed by atoms with Gasteiger partial charge in [0, 0.05) is 40.7 Å². The zero-order chi connectivity index (χ0) is 26.8. The molecule has 3 aromatic carbocycles. The number of halogens is 3. The molecule has 4 rings (SSSR count). The van der Waals surface area contributed by atoms with Gasteiger partial charge in [0.05, 0.1) is 11.2 Å². The monoisotopic (exact) mass is 537 g/mol. The summed E-state index contributed by atoms with van der Waals surface area (Å²) in [6, 6.07) is 25.4. The minimum Gasteiger partial charge on any atom is -0.399 e. The number of nitrogens with zero attached hydrogens (tertiary/aromatic N) is 1. The van der Waals surface area contributed by atoms with Gasteiger partial charge in [0.25, 0.3) is 5.92 Å². The first-order valence-corrected chi connectivity index (χ1v) is 14.0. The molecular weight excluding hydrogens is 508 g/mol. The van der Waals surface area contributed by atoms with Gasteiger partial charge in [0.1, 0.15) is 0 Å². The van der Waals surface area contributed by atoms with Crippen LogP contribution in [0.3, 0.4) is 0 Å². The fourth-order valence-corrected chi connectivity index (χ4v) is 6.47. The van der Waals surface area contributed by atoms with Gasteiger partial charge in [-0.05, 0) is 53.9 Å². The lowest BCUT2D eigenvalue weighted by Crippen LogP contribution is -2.44. The van der Waals surface area contributed by atoms with Crippen molar-refractivity contribution in [2.75, 3.05) is 5.73 Å². The standard InChI is InChI=1S/C30H30ClF2N3S/c1-21-13-14-28(35-20-21)30(19-22-9-6-5-7-10-22,24-12-8-11-23(15-24)29(2,32)33)36-37(3,4)27-17-25(31)16-26(34)18-27/h5-18,20,36H,3-4,19,34H2,1-2H3. The van der Waals surface area contributed by atoms with Crippen LogP contribution in [-0.4, -0.2) is 16.7 Å². The molecule has 0 aliphatic heterocycles. The maximum absolute atomic E-state index is 14.5. The molecule has 1 atom stereocenters. The first-order chi connectivity index (χ1) is 17.4. The van der Waals surface area contributed by atoms with Crippen molar-refractivity contribution in [1.29, 1.82) is 0 Å². The van der Waals surface area contributed by atoms with Crippen molar-refractivity contribution in [3.05, 3.63) is 124 Å². The van der Waals surface area contributed by atoms with Gasteiger partial charge in [-0.25, -0.2) is 8.78 Å². The largest absolute Gasteiger partial charge is 0.399 e. The van der Waals surface area contributed by atoms with Crippen LogP contribution >= 0.6 is 21.0 Å². The molecule has 0 saturated heterocycles. The molecule has 3 N–H and O–H groups in total. The van der Waals surface area contributed by atoms with Crippen molar-refractivity contribution in [3.63, 3.8) is 0 Å². The number of nitrogens with two attached hydrogens (primary N) is 1. The van der Waals surface area contributed by atoms with Crippen LogP contribution in [0.5, 0.6) is 0 Å². The van der Waals surface area contributed by atoms with Crippen molar-refractivity contribution in [2.24, 2.45) is 0 Å². The van der Waals surface area contributed by atoms with Gasteiger partial charge >= 0.3 is 0 Å². The van der Waals surface area contributed by atoms with Crippen molar-refractivity contribution in [2.45, 2.75) is 36.6 Å². The number of pyridine rings is 1. The smallest absolute Gasteiger partial charge is 0.270 e. The summed E-state index contributed by atoms with van der Waals surface area (Å²) >= 11 is 6.33. The minimum atomic E-state index is -3.02. The minimum absolute atomic E-state index is 0.0860. The molecule has 4 aromatic rings. The van der Waals surface area contributed by atoms with E-state index in [4.69, 9.17) is 22.3 Å². The lowest BCUT2D eigenvalue weighted by molar-refractivity contribution is 0.0173. The van der Waals surface area contributed by atoms with Crippen molar-refractivity contribution in [1.82, 2.24) is 9.71 Å². The van der Waals surface area contributed by atoms with E-state index in [0.717, 1.165) is 22.9 Å². The summed E-state index contributed by atoms with van der Waals surface area (Å²) in [7, 11) is -2.28. The third-order valence-electron chi connectivity index (χ3n) is 6.24. The molecule has 1 aromatic heterocycles. The third kappa shape index (κ3) is 6.04. The fourth-order valence-electron chi connectivity index (χ4n) is 4.37. The highest BCUT2D eigenvalue weighted by atomic mass is 35.5. The van der Waals surface area contributed by atoms with E-state index in [-0.39, 0.29) is 5.56 Å². The molecule has 37 heavy (non-hydrogen) atoms. The van der Waals surface area contributed by atoms with Crippen LogP contribution in [0, 0.1) is 6.92 Å². The van der Waals surface area contributed by atoms with Crippen LogP contribution in [0.1, 0.15) is 34.9 Å². The second-order valence-electron chi connectivity index (χ2n) is 9.46. The summed E-state index contributed by atoms with van der Waals surface area (Å²) in [5.74, 6) is 5.90. The maximum Gasteiger partial charge on any atom is 0.270 e. The number of hydrogen-bond acceptors (Lipinski definition) is 3. The molecule has 1 heterocycles. The highest BCUT2D eigenvalue weighted by molar-refractivity contribution is 8.26. The highest BCUT2D eigenvalue weighted by Gasteiger charge is 2.39. The topological polar surface area (TPSA) is 50.9 Å². The molecular formula is C30H30ClF2N3S. The molecule has 192 valence electrons. The third-order valence-corrected chi connectivity index (χ3v) is 8.33. The number of nitrogens with one attached hydrogen (secondary N) is 1. The van der Waals surface area contributed by atoms with E-state index in [1.807, 2.05) is 55.5 Å². The second kappa shape index (κ2) is 10.3. The van der Waals surface area contributed by atoms with Crippen LogP contribution in [0.4, 0.5) is 14.5 Å². The summed E-state index contributed by atoms with van der Waals surface area (Å²) in [5, 5.41) is 0.468. The summed E-state index contributed by atoms with van der Waals surface area (Å²) < 4.78 is 32.7. The molecule has 0 spiro atoms. The Balaban J connectivity index is 2.01. The van der Waals surface area contributed by atoms with Crippen molar-refractivity contribution in [3.8, 4) is 0 Å². The number of aryl methyl sites for hydroxylation is 1. The van der Waals surface area contributed by atoms with E-state index in [9.17, 15) is 8.78 Å². The van der Waals surface area contributed by atoms with E-state index < -0.39 is 20.9 Å². The Morgan fingerprint density at radius 3 is 2.27 bits per heavy atom. The Hall–Kier alpha value is -3.19. The maximum atomic E-state index is 14.5. The van der Waals surface area contributed by atoms with E-state index >= 15 is 0 Å². The quantitative estimate of drug-likeness (QED) is 0.181. The molecule has 7 heteroatoms. The zero-order valence-electron chi connectivity index (χ0n) is 20.8. The van der Waals surface area contributed by atoms with Crippen LogP contribution in [0.25, 0.3) is 0 Å². The molecule has 0 aliphatic carbocycles. The molecule has 0 saturated carbocycles. The molecule has 1 unspecified atom stereocenters. The van der Waals surface area contributed by atoms with Crippen LogP contribution in [0.15, 0.2) is 96.0 Å². The van der Waals surface area contributed by atoms with Gasteiger partial charge in [-0.2, -0.15) is 0 Å². The number of alkyl halides is 2. The van der Waals surface area contributed by atoms with E-state index in [1.54, 1.807) is 36.5 Å². The molecule has 0 fully saturated rings. The van der Waals surface area contributed by atoms with Gasteiger partial charge in [0.15, 0.2) is 0 Å². The predicted molar refractivity (Wildman–Crippen MR) is 155 cm³/mol. The Labute approximate surface area is 223 Å². The summed E-state index contributed by atoms with van der Waals surface area (Å²) in [4.78, 5) is 5.52.